The number of anilines is 1. The number of aryl methyl sites for hydroxylation is 1. The first-order valence-corrected chi connectivity index (χ1v) is 6.86. The van der Waals surface area contributed by atoms with Crippen LogP contribution in [0.15, 0.2) is 36.7 Å². The van der Waals surface area contributed by atoms with E-state index in [1.807, 2.05) is 31.3 Å². The van der Waals surface area contributed by atoms with Gasteiger partial charge in [0.25, 0.3) is 0 Å². The Balaban J connectivity index is 1.72. The summed E-state index contributed by atoms with van der Waals surface area (Å²) in [5.41, 5.74) is 3.42. The molecule has 4 nitrogen and oxygen atoms in total. The molecule has 4 heteroatoms. The minimum Gasteiger partial charge on any atom is -0.490 e. The van der Waals surface area contributed by atoms with E-state index in [0.29, 0.717) is 6.61 Å². The van der Waals surface area contributed by atoms with Gasteiger partial charge in [-0.2, -0.15) is 0 Å². The number of fused-ring (bicyclic) bond motifs is 1. The molecule has 1 aromatic heterocycles. The van der Waals surface area contributed by atoms with Gasteiger partial charge in [0.05, 0.1) is 13.2 Å². The molecule has 0 amide bonds. The monoisotopic (exact) mass is 270 g/mol. The Bertz CT molecular complexity index is 599. The first-order valence-electron chi connectivity index (χ1n) is 6.86. The highest BCUT2D eigenvalue weighted by Gasteiger charge is 2.10. The summed E-state index contributed by atoms with van der Waals surface area (Å²) in [4.78, 5) is 4.09. The maximum absolute atomic E-state index is 5.70. The molecular weight excluding hydrogens is 252 g/mol. The Hall–Kier alpha value is -2.23. The molecule has 3 rings (SSSR count). The molecule has 0 fully saturated rings. The molecule has 0 radical (unpaired) electrons. The highest BCUT2D eigenvalue weighted by molar-refractivity contribution is 5.50. The Morgan fingerprint density at radius 3 is 2.85 bits per heavy atom. The Labute approximate surface area is 118 Å². The average molecular weight is 270 g/mol. The van der Waals surface area contributed by atoms with Gasteiger partial charge < -0.3 is 14.8 Å². The van der Waals surface area contributed by atoms with Crippen LogP contribution in [0.3, 0.4) is 0 Å². The molecule has 2 aromatic rings. The molecule has 0 unspecified atom stereocenters. The zero-order valence-corrected chi connectivity index (χ0v) is 11.6. The number of nitrogens with zero attached hydrogens (tertiary/aromatic N) is 1. The predicted octanol–water partition coefficient (Wildman–Crippen LogP) is 3.16. The summed E-state index contributed by atoms with van der Waals surface area (Å²) in [6.07, 6.45) is 4.58. The molecule has 2 heterocycles. The van der Waals surface area contributed by atoms with E-state index in [2.05, 4.69) is 16.4 Å². The summed E-state index contributed by atoms with van der Waals surface area (Å²) < 4.78 is 11.3. The van der Waals surface area contributed by atoms with Crippen LogP contribution < -0.4 is 14.8 Å². The van der Waals surface area contributed by atoms with Crippen molar-refractivity contribution in [1.29, 1.82) is 0 Å². The zero-order valence-electron chi connectivity index (χ0n) is 11.6. The summed E-state index contributed by atoms with van der Waals surface area (Å²) in [6.45, 7) is 4.24. The number of hydrogen-bond donors (Lipinski definition) is 1. The second-order valence-electron chi connectivity index (χ2n) is 4.88. The lowest BCUT2D eigenvalue weighted by atomic mass is 10.2. The molecular formula is C16H18N2O2. The van der Waals surface area contributed by atoms with Crippen LogP contribution in [0.5, 0.6) is 11.5 Å². The van der Waals surface area contributed by atoms with Crippen LogP contribution in [0.1, 0.15) is 17.5 Å². The van der Waals surface area contributed by atoms with Gasteiger partial charge in [-0.05, 0) is 36.2 Å². The smallest absolute Gasteiger partial charge is 0.161 e. The van der Waals surface area contributed by atoms with E-state index in [9.17, 15) is 0 Å². The van der Waals surface area contributed by atoms with Gasteiger partial charge in [0, 0.05) is 31.0 Å². The molecule has 0 saturated heterocycles. The van der Waals surface area contributed by atoms with E-state index in [1.54, 1.807) is 6.20 Å². The molecule has 1 aromatic carbocycles. The fourth-order valence-electron chi connectivity index (χ4n) is 2.19. The van der Waals surface area contributed by atoms with Crippen molar-refractivity contribution in [2.45, 2.75) is 19.9 Å². The Morgan fingerprint density at radius 1 is 1.15 bits per heavy atom. The van der Waals surface area contributed by atoms with Gasteiger partial charge in [-0.25, -0.2) is 0 Å². The van der Waals surface area contributed by atoms with Gasteiger partial charge in [0.2, 0.25) is 0 Å². The lowest BCUT2D eigenvalue weighted by molar-refractivity contribution is 0.297. The molecule has 0 spiro atoms. The molecule has 0 saturated carbocycles. The van der Waals surface area contributed by atoms with Crippen LogP contribution in [-0.4, -0.2) is 18.2 Å². The summed E-state index contributed by atoms with van der Waals surface area (Å²) >= 11 is 0. The van der Waals surface area contributed by atoms with Gasteiger partial charge >= 0.3 is 0 Å². The van der Waals surface area contributed by atoms with Gasteiger partial charge in [0.15, 0.2) is 11.5 Å². The number of ether oxygens (including phenoxy) is 2. The normalized spacial score (nSPS) is 13.7. The van der Waals surface area contributed by atoms with Crippen molar-refractivity contribution in [3.63, 3.8) is 0 Å². The van der Waals surface area contributed by atoms with E-state index in [1.165, 1.54) is 5.56 Å². The van der Waals surface area contributed by atoms with Crippen LogP contribution in [0.4, 0.5) is 5.69 Å². The summed E-state index contributed by atoms with van der Waals surface area (Å²) in [5, 5.41) is 3.42. The van der Waals surface area contributed by atoms with Crippen LogP contribution >= 0.6 is 0 Å². The molecule has 1 N–H and O–H groups in total. The minimum atomic E-state index is 0.716. The summed E-state index contributed by atoms with van der Waals surface area (Å²) in [7, 11) is 0. The number of nitrogens with one attached hydrogen (secondary N) is 1. The lowest BCUT2D eigenvalue weighted by Crippen LogP contribution is -2.02. The van der Waals surface area contributed by atoms with Gasteiger partial charge in [-0.1, -0.05) is 6.07 Å². The van der Waals surface area contributed by atoms with Gasteiger partial charge in [-0.15, -0.1) is 0 Å². The van der Waals surface area contributed by atoms with Crippen molar-refractivity contribution >= 4 is 5.69 Å². The molecule has 0 atom stereocenters. The average Bonchev–Trinajstić information content (AvgIpc) is 2.71. The van der Waals surface area contributed by atoms with E-state index in [4.69, 9.17) is 9.47 Å². The third kappa shape index (κ3) is 2.85. The van der Waals surface area contributed by atoms with Crippen molar-refractivity contribution in [2.24, 2.45) is 0 Å². The molecule has 1 aliphatic heterocycles. The van der Waals surface area contributed by atoms with Crippen molar-refractivity contribution in [2.75, 3.05) is 18.5 Å². The maximum atomic E-state index is 5.70. The largest absolute Gasteiger partial charge is 0.490 e. The van der Waals surface area contributed by atoms with Gasteiger partial charge in [-0.3, -0.25) is 4.98 Å². The van der Waals surface area contributed by atoms with Crippen molar-refractivity contribution < 1.29 is 9.47 Å². The molecule has 0 bridgehead atoms. The molecule has 104 valence electrons. The zero-order chi connectivity index (χ0) is 13.8. The second kappa shape index (κ2) is 5.82. The number of pyridine rings is 1. The molecule has 20 heavy (non-hydrogen) atoms. The van der Waals surface area contributed by atoms with Crippen LogP contribution in [-0.2, 0) is 6.54 Å². The first-order chi connectivity index (χ1) is 9.83. The third-order valence-corrected chi connectivity index (χ3v) is 3.32. The highest BCUT2D eigenvalue weighted by Crippen LogP contribution is 2.30. The van der Waals surface area contributed by atoms with E-state index < -0.39 is 0 Å². The second-order valence-corrected chi connectivity index (χ2v) is 4.88. The van der Waals surface area contributed by atoms with Gasteiger partial charge in [0.1, 0.15) is 0 Å². The number of benzene rings is 1. The summed E-state index contributed by atoms with van der Waals surface area (Å²) in [6, 6.07) is 8.08. The van der Waals surface area contributed by atoms with Crippen LogP contribution in [0.2, 0.25) is 0 Å². The van der Waals surface area contributed by atoms with Crippen LogP contribution in [0, 0.1) is 6.92 Å². The molecule has 0 aliphatic carbocycles. The maximum Gasteiger partial charge on any atom is 0.161 e. The van der Waals surface area contributed by atoms with Crippen LogP contribution in [0.25, 0.3) is 0 Å². The van der Waals surface area contributed by atoms with Crippen molar-refractivity contribution in [3.05, 3.63) is 47.8 Å². The first kappa shape index (κ1) is 12.8. The number of aromatic nitrogens is 1. The lowest BCUT2D eigenvalue weighted by Gasteiger charge is -2.11. The highest BCUT2D eigenvalue weighted by atomic mass is 16.5. The van der Waals surface area contributed by atoms with E-state index >= 15 is 0 Å². The topological polar surface area (TPSA) is 43.4 Å². The van der Waals surface area contributed by atoms with Crippen molar-refractivity contribution in [1.82, 2.24) is 4.98 Å². The quantitative estimate of drug-likeness (QED) is 0.930. The third-order valence-electron chi connectivity index (χ3n) is 3.32. The summed E-state index contributed by atoms with van der Waals surface area (Å²) in [5.74, 6) is 1.68. The SMILES string of the molecule is Cc1cnccc1NCc1ccc2c(c1)OCCCO2. The minimum absolute atomic E-state index is 0.716. The fraction of sp³-hybridized carbons (Fsp3) is 0.312. The predicted molar refractivity (Wildman–Crippen MR) is 78.3 cm³/mol. The number of rotatable bonds is 3. The standard InChI is InChI=1S/C16H18N2O2/c1-12-10-17-6-5-14(12)18-11-13-3-4-15-16(9-13)20-8-2-7-19-15/h3-6,9-10H,2,7-8,11H2,1H3,(H,17,18). The fourth-order valence-corrected chi connectivity index (χ4v) is 2.19. The van der Waals surface area contributed by atoms with E-state index in [0.717, 1.165) is 42.3 Å². The number of hydrogen-bond acceptors (Lipinski definition) is 4. The Morgan fingerprint density at radius 2 is 2.00 bits per heavy atom. The van der Waals surface area contributed by atoms with Crippen molar-refractivity contribution in [3.8, 4) is 11.5 Å². The molecule has 1 aliphatic rings. The van der Waals surface area contributed by atoms with E-state index in [-0.39, 0.29) is 0 Å². The Kier molecular flexibility index (Phi) is 3.72.